The smallest absolute Gasteiger partial charge is 0.315 e. The van der Waals surface area contributed by atoms with Gasteiger partial charge in [-0.05, 0) is 0 Å². The lowest BCUT2D eigenvalue weighted by Crippen LogP contribution is -2.17. The zero-order valence-corrected chi connectivity index (χ0v) is 4.00. The first-order chi connectivity index (χ1) is 3.35. The van der Waals surface area contributed by atoms with Crippen LogP contribution in [0, 0.1) is 0 Å². The van der Waals surface area contributed by atoms with E-state index in [2.05, 4.69) is 11.2 Å². The number of aliphatic hydroxyl groups is 2. The van der Waals surface area contributed by atoms with Crippen LogP contribution in [0.3, 0.4) is 0 Å². The minimum Gasteiger partial charge on any atom is -0.386 e. The molecule has 0 unspecified atom stereocenters. The molecule has 0 amide bonds. The Morgan fingerprint density at radius 2 is 1.86 bits per heavy atom. The molecule has 0 fully saturated rings. The number of hydrogen-bond acceptors (Lipinski definition) is 2. The Balaban J connectivity index is 3.16. The highest BCUT2D eigenvalue weighted by Crippen LogP contribution is 1.76. The minimum atomic E-state index is -0.514. The number of hydrogen-bond donors (Lipinski definition) is 2. The van der Waals surface area contributed by atoms with E-state index in [1.54, 1.807) is 0 Å². The van der Waals surface area contributed by atoms with Gasteiger partial charge in [-0.15, -0.1) is 0 Å². The first-order valence-corrected chi connectivity index (χ1v) is 1.97. The Morgan fingerprint density at radius 3 is 1.86 bits per heavy atom. The van der Waals surface area contributed by atoms with Crippen LogP contribution in [0.2, 0.25) is 0 Å². The topological polar surface area (TPSA) is 51.8 Å². The van der Waals surface area contributed by atoms with E-state index >= 15 is 0 Å². The van der Waals surface area contributed by atoms with Crippen LogP contribution in [0.5, 0.6) is 0 Å². The second kappa shape index (κ2) is 3.77. The molecule has 0 radical (unpaired) electrons. The third-order valence-electron chi connectivity index (χ3n) is 0.643. The van der Waals surface area contributed by atoms with Crippen LogP contribution in [0.25, 0.3) is 0 Å². The molecule has 0 aliphatic heterocycles. The molecule has 7 heavy (non-hydrogen) atoms. The van der Waals surface area contributed by atoms with Gasteiger partial charge in [0.25, 0.3) is 6.79 Å². The lowest BCUT2D eigenvalue weighted by atomic mass is 10.4. The number of carbonyl (C=O) groups excluding carboxylic acids is 1. The van der Waals surface area contributed by atoms with E-state index in [9.17, 15) is 0 Å². The van der Waals surface area contributed by atoms with Crippen molar-refractivity contribution in [3.05, 3.63) is 0 Å². The SMILES string of the molecule is C=[O+]C(CO)CO. The lowest BCUT2D eigenvalue weighted by molar-refractivity contribution is -0.501. The maximum Gasteiger partial charge on any atom is 0.315 e. The summed E-state index contributed by atoms with van der Waals surface area (Å²) in [6.45, 7) is 2.65. The van der Waals surface area contributed by atoms with Gasteiger partial charge in [0.05, 0.1) is 0 Å². The molecule has 3 nitrogen and oxygen atoms in total. The molecule has 0 atom stereocenters. The van der Waals surface area contributed by atoms with Gasteiger partial charge in [-0.25, -0.2) is 0 Å². The van der Waals surface area contributed by atoms with E-state index in [0.717, 1.165) is 0 Å². The third kappa shape index (κ3) is 2.31. The highest BCUT2D eigenvalue weighted by Gasteiger charge is 2.09. The van der Waals surface area contributed by atoms with E-state index in [1.807, 2.05) is 0 Å². The molecule has 0 spiro atoms. The molecule has 0 aliphatic carbocycles. The molecule has 0 aliphatic rings. The van der Waals surface area contributed by atoms with Gasteiger partial charge in [0.1, 0.15) is 13.2 Å². The van der Waals surface area contributed by atoms with Crippen molar-refractivity contribution in [3.8, 4) is 0 Å². The molecule has 0 saturated heterocycles. The molecule has 0 saturated carbocycles. The Morgan fingerprint density at radius 1 is 1.43 bits per heavy atom. The van der Waals surface area contributed by atoms with Gasteiger partial charge >= 0.3 is 6.10 Å². The van der Waals surface area contributed by atoms with Crippen LogP contribution < -0.4 is 0 Å². The van der Waals surface area contributed by atoms with E-state index in [1.165, 1.54) is 0 Å². The van der Waals surface area contributed by atoms with E-state index in [0.29, 0.717) is 0 Å². The van der Waals surface area contributed by atoms with E-state index in [-0.39, 0.29) is 13.2 Å². The molecule has 2 N–H and O–H groups in total. The van der Waals surface area contributed by atoms with Crippen LogP contribution in [-0.4, -0.2) is 36.3 Å². The van der Waals surface area contributed by atoms with Crippen LogP contribution in [0.4, 0.5) is 0 Å². The Kier molecular flexibility index (Phi) is 3.55. The van der Waals surface area contributed by atoms with Crippen molar-refractivity contribution in [1.29, 1.82) is 0 Å². The number of aliphatic hydroxyl groups excluding tert-OH is 2. The molecular formula is C4H9O3+. The summed E-state index contributed by atoms with van der Waals surface area (Å²) in [4.78, 5) is 0. The van der Waals surface area contributed by atoms with Gasteiger partial charge in [-0.3, -0.25) is 4.42 Å². The van der Waals surface area contributed by atoms with Gasteiger partial charge < -0.3 is 10.2 Å². The minimum absolute atomic E-state index is 0.181. The second-order valence-electron chi connectivity index (χ2n) is 1.15. The molecule has 0 bridgehead atoms. The second-order valence-corrected chi connectivity index (χ2v) is 1.15. The Labute approximate surface area is 41.9 Å². The summed E-state index contributed by atoms with van der Waals surface area (Å²) >= 11 is 0. The zero-order chi connectivity index (χ0) is 5.70. The van der Waals surface area contributed by atoms with Crippen molar-refractivity contribution < 1.29 is 14.6 Å². The standard InChI is InChI=1S/C4H9O3/c1-7-4(2-5)3-6/h4-6H,1-3H2/q+1. The predicted octanol–water partition coefficient (Wildman–Crippen LogP) is -1.30. The maximum atomic E-state index is 8.20. The Bertz CT molecular complexity index is 48.9. The van der Waals surface area contributed by atoms with Gasteiger partial charge in [0, 0.05) is 0 Å². The molecular weight excluding hydrogens is 96.0 g/mol. The first kappa shape index (κ1) is 6.59. The van der Waals surface area contributed by atoms with Gasteiger partial charge in [0.15, 0.2) is 0 Å². The summed E-state index contributed by atoms with van der Waals surface area (Å²) in [6, 6.07) is 0. The molecule has 0 rings (SSSR count). The third-order valence-corrected chi connectivity index (χ3v) is 0.643. The summed E-state index contributed by atoms with van der Waals surface area (Å²) in [5.41, 5.74) is 0. The molecule has 42 valence electrons. The van der Waals surface area contributed by atoms with Crippen LogP contribution in [-0.2, 0) is 4.42 Å². The van der Waals surface area contributed by atoms with Crippen molar-refractivity contribution in [1.82, 2.24) is 0 Å². The van der Waals surface area contributed by atoms with Crippen molar-refractivity contribution in [2.24, 2.45) is 0 Å². The predicted molar refractivity (Wildman–Crippen MR) is 25.1 cm³/mol. The van der Waals surface area contributed by atoms with Crippen molar-refractivity contribution in [3.63, 3.8) is 0 Å². The normalized spacial score (nSPS) is 9.57. The fraction of sp³-hybridized carbons (Fsp3) is 0.750. The first-order valence-electron chi connectivity index (χ1n) is 1.97. The zero-order valence-electron chi connectivity index (χ0n) is 4.00. The monoisotopic (exact) mass is 105 g/mol. The molecule has 0 aromatic rings. The largest absolute Gasteiger partial charge is 0.386 e. The fourth-order valence-corrected chi connectivity index (χ4v) is 0.163. The van der Waals surface area contributed by atoms with Gasteiger partial charge in [0.2, 0.25) is 0 Å². The average molecular weight is 105 g/mol. The van der Waals surface area contributed by atoms with E-state index in [4.69, 9.17) is 10.2 Å². The van der Waals surface area contributed by atoms with Crippen LogP contribution >= 0.6 is 0 Å². The van der Waals surface area contributed by atoms with Crippen LogP contribution in [0.15, 0.2) is 0 Å². The summed E-state index contributed by atoms with van der Waals surface area (Å²) < 4.78 is 4.30. The highest BCUT2D eigenvalue weighted by atomic mass is 16.4. The quantitative estimate of drug-likeness (QED) is 0.438. The van der Waals surface area contributed by atoms with Crippen LogP contribution in [0.1, 0.15) is 0 Å². The Hall–Kier alpha value is -0.410. The summed E-state index contributed by atoms with van der Waals surface area (Å²) in [6.07, 6.45) is -0.514. The molecule has 0 heterocycles. The summed E-state index contributed by atoms with van der Waals surface area (Å²) in [5.74, 6) is 0. The fourth-order valence-electron chi connectivity index (χ4n) is 0.163. The van der Waals surface area contributed by atoms with Crippen molar-refractivity contribution >= 4 is 6.79 Å². The molecule has 0 aromatic carbocycles. The maximum absolute atomic E-state index is 8.20. The molecule has 0 aromatic heterocycles. The highest BCUT2D eigenvalue weighted by molar-refractivity contribution is 5.12. The lowest BCUT2D eigenvalue weighted by Gasteiger charge is -1.88. The average Bonchev–Trinajstić information content (AvgIpc) is 1.72. The summed E-state index contributed by atoms with van der Waals surface area (Å²) in [7, 11) is 0. The summed E-state index contributed by atoms with van der Waals surface area (Å²) in [5, 5.41) is 16.4. The van der Waals surface area contributed by atoms with Gasteiger partial charge in [-0.2, -0.15) is 0 Å². The molecule has 3 heteroatoms. The van der Waals surface area contributed by atoms with Crippen molar-refractivity contribution in [2.45, 2.75) is 6.10 Å². The van der Waals surface area contributed by atoms with E-state index < -0.39 is 6.10 Å². The van der Waals surface area contributed by atoms with Crippen molar-refractivity contribution in [2.75, 3.05) is 13.2 Å². The van der Waals surface area contributed by atoms with Gasteiger partial charge in [-0.1, -0.05) is 0 Å². The number of rotatable bonds is 3.